The van der Waals surface area contributed by atoms with E-state index in [9.17, 15) is 15.0 Å². The number of benzene rings is 2. The summed E-state index contributed by atoms with van der Waals surface area (Å²) in [5.41, 5.74) is 3.76. The predicted octanol–water partition coefficient (Wildman–Crippen LogP) is 5.24. The van der Waals surface area contributed by atoms with Crippen molar-refractivity contribution in [1.82, 2.24) is 9.55 Å². The van der Waals surface area contributed by atoms with Crippen LogP contribution >= 0.6 is 11.8 Å². The molecule has 0 amide bonds. The van der Waals surface area contributed by atoms with Crippen LogP contribution in [0.25, 0.3) is 11.1 Å². The Balaban J connectivity index is 1.92. The number of nitrogens with zero attached hydrogens (tertiary/aromatic N) is 2. The van der Waals surface area contributed by atoms with E-state index in [1.807, 2.05) is 36.4 Å². The van der Waals surface area contributed by atoms with Gasteiger partial charge in [-0.25, -0.2) is 9.78 Å². The monoisotopic (exact) mass is 424 g/mol. The van der Waals surface area contributed by atoms with Crippen molar-refractivity contribution in [2.75, 3.05) is 5.75 Å². The van der Waals surface area contributed by atoms with E-state index in [0.717, 1.165) is 52.7 Å². The van der Waals surface area contributed by atoms with Crippen LogP contribution in [-0.2, 0) is 19.6 Å². The highest BCUT2D eigenvalue weighted by molar-refractivity contribution is 7.99. The first-order valence-corrected chi connectivity index (χ1v) is 11.3. The second-order valence-corrected chi connectivity index (χ2v) is 8.36. The minimum Gasteiger partial charge on any atom is -0.478 e. The molecule has 6 heteroatoms. The number of aliphatic hydroxyl groups is 1. The number of rotatable bonds is 10. The van der Waals surface area contributed by atoms with Crippen LogP contribution in [0.2, 0.25) is 0 Å². The first kappa shape index (κ1) is 22.1. The topological polar surface area (TPSA) is 75.4 Å². The lowest BCUT2D eigenvalue weighted by atomic mass is 9.99. The smallest absolute Gasteiger partial charge is 0.336 e. The summed E-state index contributed by atoms with van der Waals surface area (Å²) < 4.78 is 2.22. The minimum absolute atomic E-state index is 0.0562. The number of aromatic nitrogens is 2. The van der Waals surface area contributed by atoms with Gasteiger partial charge in [-0.05, 0) is 34.9 Å². The van der Waals surface area contributed by atoms with Crippen molar-refractivity contribution in [3.63, 3.8) is 0 Å². The molecule has 3 rings (SSSR count). The molecule has 0 fully saturated rings. The van der Waals surface area contributed by atoms with Gasteiger partial charge in [-0.2, -0.15) is 0 Å². The van der Waals surface area contributed by atoms with Crippen molar-refractivity contribution >= 4 is 17.7 Å². The van der Waals surface area contributed by atoms with Crippen LogP contribution in [0.1, 0.15) is 54.1 Å². The van der Waals surface area contributed by atoms with E-state index in [2.05, 4.69) is 18.4 Å². The molecular weight excluding hydrogens is 396 g/mol. The summed E-state index contributed by atoms with van der Waals surface area (Å²) in [5.74, 6) is 1.00. The Bertz CT molecular complexity index is 996. The molecule has 158 valence electrons. The number of carbonyl (C=O) groups is 1. The zero-order chi connectivity index (χ0) is 21.5. The van der Waals surface area contributed by atoms with Crippen molar-refractivity contribution < 1.29 is 15.0 Å². The molecule has 2 aromatic carbocycles. The van der Waals surface area contributed by atoms with Gasteiger partial charge in [-0.15, -0.1) is 11.8 Å². The summed E-state index contributed by atoms with van der Waals surface area (Å²) in [4.78, 5) is 16.2. The van der Waals surface area contributed by atoms with E-state index in [1.54, 1.807) is 23.9 Å². The second-order valence-electron chi connectivity index (χ2n) is 7.11. The highest BCUT2D eigenvalue weighted by Gasteiger charge is 2.17. The van der Waals surface area contributed by atoms with Gasteiger partial charge in [0.05, 0.1) is 17.9 Å². The largest absolute Gasteiger partial charge is 0.478 e. The fourth-order valence-electron chi connectivity index (χ4n) is 3.52. The summed E-state index contributed by atoms with van der Waals surface area (Å²) in [7, 11) is 0. The zero-order valence-corrected chi connectivity index (χ0v) is 18.3. The quantitative estimate of drug-likeness (QED) is 0.435. The number of thioether (sulfide) groups is 1. The summed E-state index contributed by atoms with van der Waals surface area (Å²) in [5, 5.41) is 20.3. The van der Waals surface area contributed by atoms with Crippen LogP contribution in [0.5, 0.6) is 0 Å². The Morgan fingerprint density at radius 2 is 1.83 bits per heavy atom. The lowest BCUT2D eigenvalue weighted by molar-refractivity contribution is 0.0697. The number of hydrogen-bond acceptors (Lipinski definition) is 4. The van der Waals surface area contributed by atoms with Crippen LogP contribution in [0.15, 0.2) is 53.6 Å². The molecule has 30 heavy (non-hydrogen) atoms. The standard InChI is InChI=1S/C24H28N2O3S/c1-3-5-10-22-25-21(16-27)23(30-4-2)26(22)15-17-11-13-18(14-12-17)19-8-6-7-9-20(19)24(28)29/h6-9,11-14,27H,3-5,10,15-16H2,1-2H3,(H,28,29). The molecule has 3 aromatic rings. The number of imidazole rings is 1. The van der Waals surface area contributed by atoms with Crippen molar-refractivity contribution in [1.29, 1.82) is 0 Å². The Kier molecular flexibility index (Phi) is 7.71. The molecule has 0 saturated carbocycles. The zero-order valence-electron chi connectivity index (χ0n) is 17.5. The Morgan fingerprint density at radius 3 is 2.47 bits per heavy atom. The molecule has 0 spiro atoms. The third-order valence-electron chi connectivity index (χ3n) is 5.02. The molecule has 1 aromatic heterocycles. The minimum atomic E-state index is -0.925. The third kappa shape index (κ3) is 4.94. The average Bonchev–Trinajstić information content (AvgIpc) is 3.09. The second kappa shape index (κ2) is 10.5. The van der Waals surface area contributed by atoms with Crippen molar-refractivity contribution in [3.8, 4) is 11.1 Å². The molecule has 0 atom stereocenters. The van der Waals surface area contributed by atoms with E-state index in [0.29, 0.717) is 17.7 Å². The molecule has 0 radical (unpaired) electrons. The molecule has 2 N–H and O–H groups in total. The fraction of sp³-hybridized carbons (Fsp3) is 0.333. The number of carboxylic acid groups (broad SMARTS) is 1. The van der Waals surface area contributed by atoms with Gasteiger partial charge >= 0.3 is 5.97 Å². The van der Waals surface area contributed by atoms with Gasteiger partial charge in [0.15, 0.2) is 0 Å². The summed E-state index contributed by atoms with van der Waals surface area (Å²) >= 11 is 1.71. The lowest BCUT2D eigenvalue weighted by Crippen LogP contribution is -2.07. The molecule has 0 aliphatic rings. The maximum absolute atomic E-state index is 11.5. The number of carboxylic acids is 1. The lowest BCUT2D eigenvalue weighted by Gasteiger charge is -2.13. The Morgan fingerprint density at radius 1 is 1.10 bits per heavy atom. The van der Waals surface area contributed by atoms with Crippen LogP contribution in [0, 0.1) is 0 Å². The normalized spacial score (nSPS) is 11.0. The van der Waals surface area contributed by atoms with Crippen LogP contribution < -0.4 is 0 Å². The van der Waals surface area contributed by atoms with Crippen LogP contribution in [0.4, 0.5) is 0 Å². The highest BCUT2D eigenvalue weighted by Crippen LogP contribution is 2.28. The summed E-state index contributed by atoms with van der Waals surface area (Å²) in [6.07, 6.45) is 3.04. The van der Waals surface area contributed by atoms with Crippen molar-refractivity contribution in [2.45, 2.75) is 51.3 Å². The first-order valence-electron chi connectivity index (χ1n) is 10.3. The van der Waals surface area contributed by atoms with Gasteiger partial charge in [-0.3, -0.25) is 0 Å². The Hall–Kier alpha value is -2.57. The molecular formula is C24H28N2O3S. The van der Waals surface area contributed by atoms with Gasteiger partial charge in [-0.1, -0.05) is 62.7 Å². The number of aromatic carboxylic acids is 1. The highest BCUT2D eigenvalue weighted by atomic mass is 32.2. The number of aliphatic hydroxyl groups excluding tert-OH is 1. The summed E-state index contributed by atoms with van der Waals surface area (Å²) in [6.45, 7) is 4.88. The molecule has 0 unspecified atom stereocenters. The van der Waals surface area contributed by atoms with Gasteiger partial charge in [0.1, 0.15) is 10.9 Å². The molecule has 0 aliphatic heterocycles. The third-order valence-corrected chi connectivity index (χ3v) is 6.03. The first-order chi connectivity index (χ1) is 14.6. The van der Waals surface area contributed by atoms with Crippen molar-refractivity contribution in [2.24, 2.45) is 0 Å². The van der Waals surface area contributed by atoms with E-state index in [-0.39, 0.29) is 6.61 Å². The van der Waals surface area contributed by atoms with Gasteiger partial charge in [0.25, 0.3) is 0 Å². The SMILES string of the molecule is CCCCc1nc(CO)c(SCC)n1Cc1ccc(-c2ccccc2C(=O)O)cc1. The predicted molar refractivity (Wildman–Crippen MR) is 121 cm³/mol. The van der Waals surface area contributed by atoms with E-state index in [4.69, 9.17) is 4.98 Å². The maximum atomic E-state index is 11.5. The fourth-order valence-corrected chi connectivity index (χ4v) is 4.40. The Labute approximate surface area is 181 Å². The molecule has 1 heterocycles. The van der Waals surface area contributed by atoms with Gasteiger partial charge < -0.3 is 14.8 Å². The number of hydrogen-bond donors (Lipinski definition) is 2. The van der Waals surface area contributed by atoms with E-state index in [1.165, 1.54) is 0 Å². The molecule has 5 nitrogen and oxygen atoms in total. The molecule has 0 saturated heterocycles. The van der Waals surface area contributed by atoms with Crippen LogP contribution in [-0.4, -0.2) is 31.5 Å². The number of aryl methyl sites for hydroxylation is 1. The van der Waals surface area contributed by atoms with E-state index < -0.39 is 5.97 Å². The maximum Gasteiger partial charge on any atom is 0.336 e. The number of unbranched alkanes of at least 4 members (excludes halogenated alkanes) is 1. The average molecular weight is 425 g/mol. The van der Waals surface area contributed by atoms with Crippen molar-refractivity contribution in [3.05, 3.63) is 71.2 Å². The van der Waals surface area contributed by atoms with Gasteiger partial charge in [0.2, 0.25) is 0 Å². The molecule has 0 bridgehead atoms. The van der Waals surface area contributed by atoms with E-state index >= 15 is 0 Å². The summed E-state index contributed by atoms with van der Waals surface area (Å²) in [6, 6.07) is 15.1. The van der Waals surface area contributed by atoms with Crippen LogP contribution in [0.3, 0.4) is 0 Å². The van der Waals surface area contributed by atoms with Gasteiger partial charge in [0, 0.05) is 13.0 Å². The molecule has 0 aliphatic carbocycles.